The van der Waals surface area contributed by atoms with Crippen molar-refractivity contribution >= 4 is 27.5 Å². The molecule has 0 aliphatic rings. The molecule has 0 fully saturated rings. The fraction of sp³-hybridized carbons (Fsp3) is 0.200. The highest BCUT2D eigenvalue weighted by Crippen LogP contribution is 2.19. The van der Waals surface area contributed by atoms with Crippen LogP contribution in [-0.4, -0.2) is 12.6 Å². The summed E-state index contributed by atoms with van der Waals surface area (Å²) in [5.74, 6) is 5.98. The van der Waals surface area contributed by atoms with E-state index < -0.39 is 0 Å². The Kier molecular flexibility index (Phi) is 5.99. The van der Waals surface area contributed by atoms with Crippen molar-refractivity contribution in [2.24, 2.45) is 5.84 Å². The van der Waals surface area contributed by atoms with Crippen LogP contribution in [0.2, 0.25) is 5.02 Å². The summed E-state index contributed by atoms with van der Waals surface area (Å²) >= 11 is 8.98. The maximum Gasteiger partial charge on any atom is 0.137 e. The van der Waals surface area contributed by atoms with Crippen molar-refractivity contribution in [2.75, 3.05) is 6.61 Å². The van der Waals surface area contributed by atoms with Crippen LogP contribution in [0.3, 0.4) is 0 Å². The van der Waals surface area contributed by atoms with Crippen LogP contribution >= 0.6 is 27.5 Å². The molecule has 0 spiro atoms. The van der Waals surface area contributed by atoms with Gasteiger partial charge in [-0.2, -0.15) is 0 Å². The van der Waals surface area contributed by atoms with E-state index in [1.165, 1.54) is 6.07 Å². The smallest absolute Gasteiger partial charge is 0.137 e. The Morgan fingerprint density at radius 2 is 1.95 bits per heavy atom. The molecule has 3 nitrogen and oxygen atoms in total. The summed E-state index contributed by atoms with van der Waals surface area (Å²) in [5, 5.41) is 0.659. The summed E-state index contributed by atoms with van der Waals surface area (Å²) in [6.07, 6.45) is 0.628. The molecular formula is C15H15BrClFN2O. The molecule has 3 N–H and O–H groups in total. The molecule has 2 aromatic carbocycles. The Labute approximate surface area is 136 Å². The molecule has 0 aromatic heterocycles. The van der Waals surface area contributed by atoms with Crippen LogP contribution in [0, 0.1) is 5.82 Å². The number of halogens is 3. The van der Waals surface area contributed by atoms with Crippen molar-refractivity contribution in [1.29, 1.82) is 0 Å². The molecule has 0 bridgehead atoms. The number of hydrogen-bond donors (Lipinski definition) is 2. The fourth-order valence-corrected chi connectivity index (χ4v) is 2.40. The molecule has 1 unspecified atom stereocenters. The number of ether oxygens (including phenoxy) is 1. The van der Waals surface area contributed by atoms with Gasteiger partial charge in [0, 0.05) is 5.02 Å². The SMILES string of the molecule is NNC(COc1ccc(Cl)cc1)Cc1ccc(F)c(Br)c1. The largest absolute Gasteiger partial charge is 0.492 e. The molecule has 0 amide bonds. The molecule has 21 heavy (non-hydrogen) atoms. The van der Waals surface area contributed by atoms with E-state index >= 15 is 0 Å². The van der Waals surface area contributed by atoms with Crippen molar-refractivity contribution in [3.63, 3.8) is 0 Å². The standard InChI is InChI=1S/C15H15BrClFN2O/c16-14-8-10(1-6-15(14)18)7-12(20-19)9-21-13-4-2-11(17)3-5-13/h1-6,8,12,20H,7,9,19H2. The summed E-state index contributed by atoms with van der Waals surface area (Å²) < 4.78 is 19.3. The van der Waals surface area contributed by atoms with Gasteiger partial charge in [-0.3, -0.25) is 11.3 Å². The molecule has 2 rings (SSSR count). The number of hydrazine groups is 1. The minimum Gasteiger partial charge on any atom is -0.492 e. The lowest BCUT2D eigenvalue weighted by Gasteiger charge is -2.17. The van der Waals surface area contributed by atoms with Crippen molar-refractivity contribution < 1.29 is 9.13 Å². The van der Waals surface area contributed by atoms with Crippen LogP contribution in [0.4, 0.5) is 4.39 Å². The third-order valence-corrected chi connectivity index (χ3v) is 3.83. The molecular weight excluding hydrogens is 359 g/mol. The predicted molar refractivity (Wildman–Crippen MR) is 85.9 cm³/mol. The summed E-state index contributed by atoms with van der Waals surface area (Å²) in [6, 6.07) is 11.9. The second kappa shape index (κ2) is 7.75. The summed E-state index contributed by atoms with van der Waals surface area (Å²) in [4.78, 5) is 0. The maximum absolute atomic E-state index is 13.2. The number of rotatable bonds is 6. The quantitative estimate of drug-likeness (QED) is 0.599. The molecule has 0 saturated heterocycles. The van der Waals surface area contributed by atoms with Gasteiger partial charge in [-0.15, -0.1) is 0 Å². The Hall–Kier alpha value is -1.14. The molecule has 0 aliphatic carbocycles. The van der Waals surface area contributed by atoms with Gasteiger partial charge < -0.3 is 4.74 Å². The fourth-order valence-electron chi connectivity index (χ4n) is 1.84. The van der Waals surface area contributed by atoms with Crippen LogP contribution in [0.1, 0.15) is 5.56 Å². The third-order valence-electron chi connectivity index (χ3n) is 2.97. The Balaban J connectivity index is 1.93. The second-order valence-electron chi connectivity index (χ2n) is 4.58. The third kappa shape index (κ3) is 4.97. The van der Waals surface area contributed by atoms with Crippen LogP contribution in [0.25, 0.3) is 0 Å². The molecule has 0 radical (unpaired) electrons. The van der Waals surface area contributed by atoms with Gasteiger partial charge >= 0.3 is 0 Å². The van der Waals surface area contributed by atoms with Crippen molar-refractivity contribution in [2.45, 2.75) is 12.5 Å². The van der Waals surface area contributed by atoms with Gasteiger partial charge in [0.25, 0.3) is 0 Å². The van der Waals surface area contributed by atoms with Gasteiger partial charge in [0.05, 0.1) is 10.5 Å². The molecule has 112 valence electrons. The highest BCUT2D eigenvalue weighted by atomic mass is 79.9. The first-order valence-corrected chi connectivity index (χ1v) is 7.54. The second-order valence-corrected chi connectivity index (χ2v) is 5.87. The minimum atomic E-state index is -0.284. The van der Waals surface area contributed by atoms with Gasteiger partial charge in [-0.05, 0) is 64.3 Å². The average Bonchev–Trinajstić information content (AvgIpc) is 2.49. The number of benzene rings is 2. The van der Waals surface area contributed by atoms with Crippen LogP contribution in [0.5, 0.6) is 5.75 Å². The van der Waals surface area contributed by atoms with Gasteiger partial charge in [0.2, 0.25) is 0 Å². The van der Waals surface area contributed by atoms with E-state index in [9.17, 15) is 4.39 Å². The molecule has 0 heterocycles. The van der Waals surface area contributed by atoms with E-state index in [4.69, 9.17) is 22.2 Å². The van der Waals surface area contributed by atoms with Gasteiger partial charge in [-0.1, -0.05) is 17.7 Å². The van der Waals surface area contributed by atoms with Crippen LogP contribution < -0.4 is 16.0 Å². The number of nitrogens with one attached hydrogen (secondary N) is 1. The molecule has 2 aromatic rings. The monoisotopic (exact) mass is 372 g/mol. The van der Waals surface area contributed by atoms with E-state index in [0.717, 1.165) is 11.3 Å². The normalized spacial score (nSPS) is 12.2. The zero-order valence-corrected chi connectivity index (χ0v) is 13.5. The van der Waals surface area contributed by atoms with Gasteiger partial charge in [-0.25, -0.2) is 4.39 Å². The summed E-state index contributed by atoms with van der Waals surface area (Å²) in [5.41, 5.74) is 3.67. The molecule has 6 heteroatoms. The van der Waals surface area contributed by atoms with Crippen molar-refractivity contribution in [1.82, 2.24) is 5.43 Å². The summed E-state index contributed by atoms with van der Waals surface area (Å²) in [6.45, 7) is 0.396. The van der Waals surface area contributed by atoms with E-state index in [0.29, 0.717) is 22.5 Å². The van der Waals surface area contributed by atoms with Crippen molar-refractivity contribution in [3.05, 3.63) is 63.3 Å². The molecule has 0 aliphatic heterocycles. The van der Waals surface area contributed by atoms with Crippen molar-refractivity contribution in [3.8, 4) is 5.75 Å². The number of nitrogens with two attached hydrogens (primary N) is 1. The number of hydrogen-bond acceptors (Lipinski definition) is 3. The van der Waals surface area contributed by atoms with Crippen LogP contribution in [0.15, 0.2) is 46.9 Å². The maximum atomic E-state index is 13.2. The van der Waals surface area contributed by atoms with Crippen LogP contribution in [-0.2, 0) is 6.42 Å². The highest BCUT2D eigenvalue weighted by Gasteiger charge is 2.10. The lowest BCUT2D eigenvalue weighted by atomic mass is 10.1. The lowest BCUT2D eigenvalue weighted by Crippen LogP contribution is -2.41. The highest BCUT2D eigenvalue weighted by molar-refractivity contribution is 9.10. The lowest BCUT2D eigenvalue weighted by molar-refractivity contribution is 0.264. The Morgan fingerprint density at radius 1 is 1.24 bits per heavy atom. The topological polar surface area (TPSA) is 47.3 Å². The molecule has 0 saturated carbocycles. The first-order valence-electron chi connectivity index (χ1n) is 6.37. The molecule has 1 atom stereocenters. The van der Waals surface area contributed by atoms with E-state index in [1.807, 2.05) is 0 Å². The Morgan fingerprint density at radius 3 is 2.57 bits per heavy atom. The minimum absolute atomic E-state index is 0.0851. The van der Waals surface area contributed by atoms with E-state index in [2.05, 4.69) is 21.4 Å². The first-order chi connectivity index (χ1) is 10.1. The van der Waals surface area contributed by atoms with Gasteiger partial charge in [0.15, 0.2) is 0 Å². The van der Waals surface area contributed by atoms with Gasteiger partial charge in [0.1, 0.15) is 18.2 Å². The van der Waals surface area contributed by atoms with E-state index in [1.54, 1.807) is 36.4 Å². The summed E-state index contributed by atoms with van der Waals surface area (Å²) in [7, 11) is 0. The zero-order valence-electron chi connectivity index (χ0n) is 11.2. The zero-order chi connectivity index (χ0) is 15.2. The average molecular weight is 374 g/mol. The first kappa shape index (κ1) is 16.2. The predicted octanol–water partition coefficient (Wildman–Crippen LogP) is 3.70. The van der Waals surface area contributed by atoms with E-state index in [-0.39, 0.29) is 11.9 Å². The Bertz CT molecular complexity index is 595.